The van der Waals surface area contributed by atoms with Crippen LogP contribution in [0.3, 0.4) is 0 Å². The van der Waals surface area contributed by atoms with E-state index in [1.165, 1.54) is 24.3 Å². The van der Waals surface area contributed by atoms with E-state index in [4.69, 9.17) is 0 Å². The number of halogens is 1. The molecule has 6 heteroatoms. The predicted octanol–water partition coefficient (Wildman–Crippen LogP) is 3.60. The van der Waals surface area contributed by atoms with Crippen LogP contribution in [0.2, 0.25) is 0 Å². The molecule has 2 aromatic carbocycles. The first-order chi connectivity index (χ1) is 11.4. The Balaban J connectivity index is 2.01. The number of benzene rings is 2. The molecule has 0 aromatic heterocycles. The summed E-state index contributed by atoms with van der Waals surface area (Å²) in [6.07, 6.45) is 0.358. The number of hydrogen-bond donors (Lipinski definition) is 0. The summed E-state index contributed by atoms with van der Waals surface area (Å²) >= 11 is 0. The number of hydrogen-bond acceptors (Lipinski definition) is 3. The molecule has 0 N–H and O–H groups in total. The molecule has 0 unspecified atom stereocenters. The van der Waals surface area contributed by atoms with E-state index in [2.05, 4.69) is 0 Å². The smallest absolute Gasteiger partial charge is 0.269 e. The van der Waals surface area contributed by atoms with Gasteiger partial charge in [0.2, 0.25) is 5.91 Å². The second-order valence-electron chi connectivity index (χ2n) is 6.14. The average molecular weight is 328 g/mol. The van der Waals surface area contributed by atoms with Crippen molar-refractivity contribution in [3.63, 3.8) is 0 Å². The summed E-state index contributed by atoms with van der Waals surface area (Å²) in [4.78, 5) is 24.8. The fourth-order valence-electron chi connectivity index (χ4n) is 3.34. The number of rotatable bonds is 4. The van der Waals surface area contributed by atoms with Crippen LogP contribution in [-0.2, 0) is 16.6 Å². The van der Waals surface area contributed by atoms with Crippen molar-refractivity contribution >= 4 is 17.3 Å². The normalized spacial score (nSPS) is 19.5. The van der Waals surface area contributed by atoms with Crippen LogP contribution in [0, 0.1) is 15.9 Å². The van der Waals surface area contributed by atoms with E-state index in [9.17, 15) is 19.3 Å². The lowest BCUT2D eigenvalue weighted by Crippen LogP contribution is -2.39. The topological polar surface area (TPSA) is 63.5 Å². The molecule has 1 amide bonds. The summed E-state index contributed by atoms with van der Waals surface area (Å²) in [7, 11) is 0. The number of carbonyl (C=O) groups excluding carboxylic acids is 1. The van der Waals surface area contributed by atoms with Gasteiger partial charge in [-0.05, 0) is 49.6 Å². The van der Waals surface area contributed by atoms with Crippen molar-refractivity contribution in [2.45, 2.75) is 25.7 Å². The Morgan fingerprint density at radius 1 is 1.21 bits per heavy atom. The maximum absolute atomic E-state index is 13.7. The molecule has 0 fully saturated rings. The third-order valence-electron chi connectivity index (χ3n) is 4.58. The number of nitrogens with zero attached hydrogens (tertiary/aromatic N) is 2. The molecule has 0 radical (unpaired) electrons. The Morgan fingerprint density at radius 2 is 1.88 bits per heavy atom. The third-order valence-corrected chi connectivity index (χ3v) is 4.58. The Kier molecular flexibility index (Phi) is 3.83. The van der Waals surface area contributed by atoms with E-state index >= 15 is 0 Å². The molecule has 0 bridgehead atoms. The minimum absolute atomic E-state index is 0.00304. The van der Waals surface area contributed by atoms with E-state index in [1.807, 2.05) is 6.92 Å². The molecule has 1 heterocycles. The predicted molar refractivity (Wildman–Crippen MR) is 88.6 cm³/mol. The quantitative estimate of drug-likeness (QED) is 0.636. The van der Waals surface area contributed by atoms with Gasteiger partial charge < -0.3 is 4.90 Å². The van der Waals surface area contributed by atoms with Gasteiger partial charge in [0.15, 0.2) is 0 Å². The van der Waals surface area contributed by atoms with Gasteiger partial charge in [0.1, 0.15) is 5.82 Å². The Morgan fingerprint density at radius 3 is 2.46 bits per heavy atom. The molecule has 0 spiro atoms. The van der Waals surface area contributed by atoms with Crippen molar-refractivity contribution in [1.82, 2.24) is 0 Å². The number of anilines is 1. The fraction of sp³-hybridized carbons (Fsp3) is 0.278. The zero-order valence-electron chi connectivity index (χ0n) is 13.5. The number of amides is 1. The third kappa shape index (κ3) is 2.44. The van der Waals surface area contributed by atoms with Gasteiger partial charge in [-0.25, -0.2) is 4.39 Å². The highest BCUT2D eigenvalue weighted by molar-refractivity contribution is 6.08. The highest BCUT2D eigenvalue weighted by atomic mass is 19.1. The van der Waals surface area contributed by atoms with E-state index in [1.54, 1.807) is 30.0 Å². The van der Waals surface area contributed by atoms with Gasteiger partial charge in [-0.1, -0.05) is 12.1 Å². The lowest BCUT2D eigenvalue weighted by Gasteiger charge is -2.24. The van der Waals surface area contributed by atoms with Crippen LogP contribution < -0.4 is 4.90 Å². The van der Waals surface area contributed by atoms with Crippen LogP contribution in [0.4, 0.5) is 15.8 Å². The van der Waals surface area contributed by atoms with Crippen molar-refractivity contribution in [1.29, 1.82) is 0 Å². The van der Waals surface area contributed by atoms with E-state index < -0.39 is 10.3 Å². The van der Waals surface area contributed by atoms with Crippen LogP contribution in [0.5, 0.6) is 0 Å². The van der Waals surface area contributed by atoms with Crippen LogP contribution in [-0.4, -0.2) is 17.4 Å². The standard InChI is InChI=1S/C18H17FN2O3/c1-3-20-16-9-6-13(19)10-15(16)18(2,17(20)22)11-12-4-7-14(8-5-12)21(23)24/h4-10H,3,11H2,1-2H3/t18-/m0/s1. The van der Waals surface area contributed by atoms with Crippen LogP contribution >= 0.6 is 0 Å². The van der Waals surface area contributed by atoms with Crippen LogP contribution in [0.25, 0.3) is 0 Å². The molecule has 0 aliphatic carbocycles. The molecule has 1 aliphatic heterocycles. The van der Waals surface area contributed by atoms with Crippen molar-refractivity contribution in [2.75, 3.05) is 11.4 Å². The minimum Gasteiger partial charge on any atom is -0.312 e. The molecule has 1 aliphatic rings. The molecule has 24 heavy (non-hydrogen) atoms. The van der Waals surface area contributed by atoms with Gasteiger partial charge in [0, 0.05) is 24.4 Å². The molecular formula is C18H17FN2O3. The van der Waals surface area contributed by atoms with Gasteiger partial charge in [0.05, 0.1) is 10.3 Å². The summed E-state index contributed by atoms with van der Waals surface area (Å²) in [6.45, 7) is 4.18. The van der Waals surface area contributed by atoms with Gasteiger partial charge >= 0.3 is 0 Å². The zero-order chi connectivity index (χ0) is 17.5. The van der Waals surface area contributed by atoms with E-state index in [-0.39, 0.29) is 17.4 Å². The lowest BCUT2D eigenvalue weighted by molar-refractivity contribution is -0.384. The summed E-state index contributed by atoms with van der Waals surface area (Å²) in [5, 5.41) is 10.8. The molecule has 5 nitrogen and oxygen atoms in total. The first kappa shape index (κ1) is 16.1. The number of nitro benzene ring substituents is 1. The molecular weight excluding hydrogens is 311 g/mol. The highest BCUT2D eigenvalue weighted by Crippen LogP contribution is 2.44. The second kappa shape index (κ2) is 5.70. The summed E-state index contributed by atoms with van der Waals surface area (Å²) < 4.78 is 13.7. The van der Waals surface area contributed by atoms with E-state index in [0.717, 1.165) is 11.3 Å². The van der Waals surface area contributed by atoms with Crippen molar-refractivity contribution in [3.8, 4) is 0 Å². The maximum atomic E-state index is 13.7. The van der Waals surface area contributed by atoms with Crippen LogP contribution in [0.1, 0.15) is 25.0 Å². The molecule has 0 saturated carbocycles. The first-order valence-corrected chi connectivity index (χ1v) is 7.72. The van der Waals surface area contributed by atoms with Crippen molar-refractivity contribution < 1.29 is 14.1 Å². The van der Waals surface area contributed by atoms with Gasteiger partial charge in [0.25, 0.3) is 5.69 Å². The van der Waals surface area contributed by atoms with Gasteiger partial charge in [-0.15, -0.1) is 0 Å². The molecule has 1 atom stereocenters. The number of carbonyl (C=O) groups is 1. The van der Waals surface area contributed by atoms with Gasteiger partial charge in [-0.3, -0.25) is 14.9 Å². The number of non-ortho nitro benzene ring substituents is 1. The maximum Gasteiger partial charge on any atom is 0.269 e. The fourth-order valence-corrected chi connectivity index (χ4v) is 3.34. The number of nitro groups is 1. The van der Waals surface area contributed by atoms with E-state index in [0.29, 0.717) is 18.5 Å². The largest absolute Gasteiger partial charge is 0.312 e. The van der Waals surface area contributed by atoms with Crippen molar-refractivity contribution in [2.24, 2.45) is 0 Å². The van der Waals surface area contributed by atoms with Crippen LogP contribution in [0.15, 0.2) is 42.5 Å². The summed E-state index contributed by atoms with van der Waals surface area (Å²) in [5.74, 6) is -0.460. The zero-order valence-corrected chi connectivity index (χ0v) is 13.5. The molecule has 2 aromatic rings. The minimum atomic E-state index is -0.885. The molecule has 0 saturated heterocycles. The average Bonchev–Trinajstić information content (AvgIpc) is 2.76. The second-order valence-corrected chi connectivity index (χ2v) is 6.14. The number of fused-ring (bicyclic) bond motifs is 1. The summed E-state index contributed by atoms with van der Waals surface area (Å²) in [6, 6.07) is 10.5. The Labute approximate surface area is 138 Å². The number of likely N-dealkylation sites (N-methyl/N-ethyl adjacent to an activating group) is 1. The Hall–Kier alpha value is -2.76. The molecule has 124 valence electrons. The first-order valence-electron chi connectivity index (χ1n) is 7.72. The monoisotopic (exact) mass is 328 g/mol. The molecule has 3 rings (SSSR count). The lowest BCUT2D eigenvalue weighted by atomic mass is 9.78. The van der Waals surface area contributed by atoms with Crippen molar-refractivity contribution in [3.05, 3.63) is 69.5 Å². The SMILES string of the molecule is CCN1C(=O)[C@@](C)(Cc2ccc([N+](=O)[O-])cc2)c2cc(F)ccc21. The summed E-state index contributed by atoms with van der Waals surface area (Å²) in [5.41, 5.74) is 1.30. The van der Waals surface area contributed by atoms with Gasteiger partial charge in [-0.2, -0.15) is 0 Å². The highest BCUT2D eigenvalue weighted by Gasteiger charge is 2.46. The Bertz CT molecular complexity index is 820.